The quantitative estimate of drug-likeness (QED) is 0.479. The van der Waals surface area contributed by atoms with Crippen molar-refractivity contribution < 1.29 is 35.5 Å². The number of nitrogens with one attached hydrogen (secondary N) is 1. The van der Waals surface area contributed by atoms with Gasteiger partial charge in [-0.3, -0.25) is 4.79 Å². The Kier molecular flexibility index (Phi) is 5.74. The number of amides is 1. The van der Waals surface area contributed by atoms with Crippen LogP contribution in [0.5, 0.6) is 0 Å². The Morgan fingerprint density at radius 3 is 1.81 bits per heavy atom. The van der Waals surface area contributed by atoms with Crippen LogP contribution in [-0.2, 0) is 0 Å². The Hall–Kier alpha value is -2.29. The van der Waals surface area contributed by atoms with Gasteiger partial charge in [-0.1, -0.05) is 36.4 Å². The molecule has 1 atom stereocenters. The van der Waals surface area contributed by atoms with E-state index in [-0.39, 0.29) is 5.56 Å². The molecule has 0 bridgehead atoms. The van der Waals surface area contributed by atoms with Gasteiger partial charge >= 0.3 is 18.0 Å². The van der Waals surface area contributed by atoms with Crippen LogP contribution in [0.25, 0.3) is 0 Å². The molecule has 1 amide bonds. The van der Waals surface area contributed by atoms with Gasteiger partial charge in [0.2, 0.25) is 0 Å². The Morgan fingerprint density at radius 1 is 0.815 bits per heavy atom. The van der Waals surface area contributed by atoms with Gasteiger partial charge in [0.25, 0.3) is 5.91 Å². The number of carbonyl (C=O) groups excluding carboxylic acids is 1. The fraction of sp³-hybridized carbons (Fsp3) is 0.235. The minimum absolute atomic E-state index is 0.0941. The summed E-state index contributed by atoms with van der Waals surface area (Å²) < 4.78 is 91.8. The summed E-state index contributed by atoms with van der Waals surface area (Å²) in [7, 11) is 0. The standard InChI is InChI=1S/C17H11ClF7NO/c18-13(15(19,16(20,21)22)17(23,24)25)11-8-4-5-9-12(11)26-14(27)10-6-2-1-3-7-10/h1-9,13H,(H,26,27). The maximum absolute atomic E-state index is 14.2. The Balaban J connectivity index is 2.46. The van der Waals surface area contributed by atoms with Gasteiger partial charge in [-0.15, -0.1) is 11.6 Å². The normalized spacial score (nSPS) is 13.9. The first kappa shape index (κ1) is 21.0. The van der Waals surface area contributed by atoms with E-state index in [1.54, 1.807) is 6.07 Å². The first-order valence-electron chi connectivity index (χ1n) is 7.31. The molecule has 0 saturated heterocycles. The van der Waals surface area contributed by atoms with Crippen LogP contribution >= 0.6 is 11.6 Å². The summed E-state index contributed by atoms with van der Waals surface area (Å²) in [5.41, 5.74) is -6.95. The molecule has 0 spiro atoms. The lowest BCUT2D eigenvalue weighted by atomic mass is 9.93. The molecule has 0 saturated carbocycles. The van der Waals surface area contributed by atoms with E-state index in [1.807, 2.05) is 0 Å². The minimum atomic E-state index is -6.33. The highest BCUT2D eigenvalue weighted by Gasteiger charge is 2.76. The van der Waals surface area contributed by atoms with Gasteiger partial charge in [0.1, 0.15) is 5.38 Å². The third kappa shape index (κ3) is 4.02. The molecule has 146 valence electrons. The summed E-state index contributed by atoms with van der Waals surface area (Å²) in [5.74, 6) is -0.810. The summed E-state index contributed by atoms with van der Waals surface area (Å²) >= 11 is 5.35. The molecule has 2 nitrogen and oxygen atoms in total. The number of alkyl halides is 8. The molecule has 2 aromatic rings. The largest absolute Gasteiger partial charge is 0.433 e. The predicted molar refractivity (Wildman–Crippen MR) is 85.4 cm³/mol. The van der Waals surface area contributed by atoms with Crippen molar-refractivity contribution in [3.63, 3.8) is 0 Å². The lowest BCUT2D eigenvalue weighted by Crippen LogP contribution is -2.56. The fourth-order valence-electron chi connectivity index (χ4n) is 2.28. The van der Waals surface area contributed by atoms with Crippen LogP contribution in [-0.4, -0.2) is 23.9 Å². The van der Waals surface area contributed by atoms with Gasteiger partial charge in [0.15, 0.2) is 0 Å². The van der Waals surface area contributed by atoms with Gasteiger partial charge in [-0.25, -0.2) is 4.39 Å². The van der Waals surface area contributed by atoms with Crippen molar-refractivity contribution in [2.75, 3.05) is 5.32 Å². The average molecular weight is 414 g/mol. The predicted octanol–water partition coefficient (Wildman–Crippen LogP) is 6.05. The van der Waals surface area contributed by atoms with E-state index in [1.165, 1.54) is 30.3 Å². The lowest BCUT2D eigenvalue weighted by Gasteiger charge is -2.34. The fourth-order valence-corrected chi connectivity index (χ4v) is 2.72. The van der Waals surface area contributed by atoms with E-state index in [2.05, 4.69) is 5.32 Å². The zero-order valence-corrected chi connectivity index (χ0v) is 14.0. The maximum Gasteiger partial charge on any atom is 0.433 e. The summed E-state index contributed by atoms with van der Waals surface area (Å²) in [5, 5.41) is -1.02. The van der Waals surface area contributed by atoms with Crippen molar-refractivity contribution >= 4 is 23.2 Å². The first-order chi connectivity index (χ1) is 12.4. The number of carbonyl (C=O) groups is 1. The van der Waals surface area contributed by atoms with Crippen molar-refractivity contribution in [1.82, 2.24) is 0 Å². The Morgan fingerprint density at radius 2 is 1.30 bits per heavy atom. The van der Waals surface area contributed by atoms with E-state index >= 15 is 0 Å². The molecular weight excluding hydrogens is 403 g/mol. The zero-order chi connectivity index (χ0) is 20.5. The van der Waals surface area contributed by atoms with Gasteiger partial charge in [0, 0.05) is 11.3 Å². The highest BCUT2D eigenvalue weighted by molar-refractivity contribution is 6.22. The van der Waals surface area contributed by atoms with E-state index in [4.69, 9.17) is 11.6 Å². The van der Waals surface area contributed by atoms with Gasteiger partial charge in [0.05, 0.1) is 0 Å². The molecule has 2 aromatic carbocycles. The molecular formula is C17H11ClF7NO. The van der Waals surface area contributed by atoms with E-state index in [0.717, 1.165) is 18.2 Å². The molecule has 0 heterocycles. The van der Waals surface area contributed by atoms with Crippen molar-refractivity contribution in [2.24, 2.45) is 0 Å². The molecule has 10 heteroatoms. The number of para-hydroxylation sites is 1. The monoisotopic (exact) mass is 413 g/mol. The van der Waals surface area contributed by atoms with Crippen LogP contribution in [0, 0.1) is 0 Å². The van der Waals surface area contributed by atoms with Crippen LogP contribution in [0.4, 0.5) is 36.4 Å². The van der Waals surface area contributed by atoms with Crippen LogP contribution < -0.4 is 5.32 Å². The minimum Gasteiger partial charge on any atom is -0.322 e. The summed E-state index contributed by atoms with van der Waals surface area (Å²) in [6.07, 6.45) is -12.7. The van der Waals surface area contributed by atoms with Gasteiger partial charge in [-0.05, 0) is 23.8 Å². The third-order valence-corrected chi connectivity index (χ3v) is 4.23. The topological polar surface area (TPSA) is 29.1 Å². The molecule has 0 aliphatic rings. The third-order valence-electron chi connectivity index (χ3n) is 3.69. The second-order valence-corrected chi connectivity index (χ2v) is 5.91. The SMILES string of the molecule is O=C(Nc1ccccc1C(Cl)C(F)(C(F)(F)F)C(F)(F)F)c1ccccc1. The molecule has 1 unspecified atom stereocenters. The van der Waals surface area contributed by atoms with E-state index < -0.39 is 40.6 Å². The first-order valence-corrected chi connectivity index (χ1v) is 7.75. The lowest BCUT2D eigenvalue weighted by molar-refractivity contribution is -0.342. The Bertz CT molecular complexity index is 791. The van der Waals surface area contributed by atoms with Crippen LogP contribution in [0.2, 0.25) is 0 Å². The van der Waals surface area contributed by atoms with Crippen LogP contribution in [0.1, 0.15) is 21.3 Å². The van der Waals surface area contributed by atoms with E-state index in [0.29, 0.717) is 0 Å². The number of hydrogen-bond donors (Lipinski definition) is 1. The molecule has 1 N–H and O–H groups in total. The number of halogens is 8. The number of anilines is 1. The van der Waals surface area contributed by atoms with Crippen molar-refractivity contribution in [1.29, 1.82) is 0 Å². The average Bonchev–Trinajstić information content (AvgIpc) is 2.59. The van der Waals surface area contributed by atoms with Crippen LogP contribution in [0.15, 0.2) is 54.6 Å². The second kappa shape index (κ2) is 7.38. The Labute approximate surface area is 153 Å². The molecule has 27 heavy (non-hydrogen) atoms. The highest BCUT2D eigenvalue weighted by Crippen LogP contribution is 2.56. The van der Waals surface area contributed by atoms with Crippen molar-refractivity contribution in [3.05, 3.63) is 65.7 Å². The van der Waals surface area contributed by atoms with Crippen molar-refractivity contribution in [3.8, 4) is 0 Å². The number of hydrogen-bond acceptors (Lipinski definition) is 1. The summed E-state index contributed by atoms with van der Waals surface area (Å²) in [6, 6.07) is 11.5. The maximum atomic E-state index is 14.2. The van der Waals surface area contributed by atoms with Gasteiger partial charge < -0.3 is 5.32 Å². The summed E-state index contributed by atoms with van der Waals surface area (Å²) in [6.45, 7) is 0. The number of benzene rings is 2. The smallest absolute Gasteiger partial charge is 0.322 e. The molecule has 0 radical (unpaired) electrons. The summed E-state index contributed by atoms with van der Waals surface area (Å²) in [4.78, 5) is 12.1. The zero-order valence-electron chi connectivity index (χ0n) is 13.2. The number of rotatable bonds is 4. The molecule has 2 rings (SSSR count). The molecule has 0 fully saturated rings. The molecule has 0 aliphatic carbocycles. The van der Waals surface area contributed by atoms with Crippen LogP contribution in [0.3, 0.4) is 0 Å². The molecule has 0 aliphatic heterocycles. The molecule has 0 aromatic heterocycles. The van der Waals surface area contributed by atoms with Gasteiger partial charge in [-0.2, -0.15) is 26.3 Å². The van der Waals surface area contributed by atoms with Crippen molar-refractivity contribution in [2.45, 2.75) is 23.4 Å². The highest BCUT2D eigenvalue weighted by atomic mass is 35.5. The van der Waals surface area contributed by atoms with E-state index in [9.17, 15) is 35.5 Å². The second-order valence-electron chi connectivity index (χ2n) is 5.48.